The van der Waals surface area contributed by atoms with Crippen molar-refractivity contribution in [2.45, 2.75) is 19.1 Å². The van der Waals surface area contributed by atoms with Crippen LogP contribution in [0.15, 0.2) is 0 Å². The normalized spacial score (nSPS) is 24.7. The standard InChI is InChI=1S/C10H18N2O3/c1-8(15-9-6-11-7-9)10(13)12-2-4-14-5-3-12/h8-9,11H,2-7H2,1H3. The number of nitrogens with zero attached hydrogens (tertiary/aromatic N) is 1. The molecule has 0 aromatic carbocycles. The van der Waals surface area contributed by atoms with Gasteiger partial charge in [0.05, 0.1) is 19.3 Å². The summed E-state index contributed by atoms with van der Waals surface area (Å²) in [5.41, 5.74) is 0. The molecule has 0 radical (unpaired) electrons. The molecule has 2 fully saturated rings. The molecule has 0 aliphatic carbocycles. The van der Waals surface area contributed by atoms with E-state index in [1.54, 1.807) is 0 Å². The second kappa shape index (κ2) is 4.92. The number of hydrogen-bond donors (Lipinski definition) is 1. The monoisotopic (exact) mass is 214 g/mol. The highest BCUT2D eigenvalue weighted by Gasteiger charge is 2.27. The van der Waals surface area contributed by atoms with E-state index in [0.29, 0.717) is 26.3 Å². The van der Waals surface area contributed by atoms with Crippen LogP contribution in [0.25, 0.3) is 0 Å². The largest absolute Gasteiger partial charge is 0.378 e. The van der Waals surface area contributed by atoms with E-state index in [-0.39, 0.29) is 18.1 Å². The van der Waals surface area contributed by atoms with E-state index in [4.69, 9.17) is 9.47 Å². The second-order valence-corrected chi connectivity index (χ2v) is 4.00. The second-order valence-electron chi connectivity index (χ2n) is 4.00. The van der Waals surface area contributed by atoms with Crippen molar-refractivity contribution >= 4 is 5.91 Å². The van der Waals surface area contributed by atoms with E-state index < -0.39 is 0 Å². The minimum absolute atomic E-state index is 0.0881. The average molecular weight is 214 g/mol. The van der Waals surface area contributed by atoms with Crippen LogP contribution in [0.4, 0.5) is 0 Å². The van der Waals surface area contributed by atoms with Crippen molar-refractivity contribution < 1.29 is 14.3 Å². The molecule has 0 spiro atoms. The molecule has 5 heteroatoms. The first-order valence-electron chi connectivity index (χ1n) is 5.50. The van der Waals surface area contributed by atoms with Crippen molar-refractivity contribution in [2.24, 2.45) is 0 Å². The maximum absolute atomic E-state index is 11.9. The number of rotatable bonds is 3. The number of carbonyl (C=O) groups excluding carboxylic acids is 1. The highest BCUT2D eigenvalue weighted by atomic mass is 16.5. The van der Waals surface area contributed by atoms with E-state index in [0.717, 1.165) is 13.1 Å². The molecule has 0 aromatic heterocycles. The third kappa shape index (κ3) is 2.68. The summed E-state index contributed by atoms with van der Waals surface area (Å²) in [4.78, 5) is 13.7. The predicted molar refractivity (Wildman–Crippen MR) is 54.6 cm³/mol. The molecular weight excluding hydrogens is 196 g/mol. The van der Waals surface area contributed by atoms with Gasteiger partial charge >= 0.3 is 0 Å². The molecule has 86 valence electrons. The van der Waals surface area contributed by atoms with Crippen LogP contribution in [-0.2, 0) is 14.3 Å². The highest BCUT2D eigenvalue weighted by molar-refractivity contribution is 5.80. The number of ether oxygens (including phenoxy) is 2. The Hall–Kier alpha value is -0.650. The van der Waals surface area contributed by atoms with Gasteiger partial charge in [0.2, 0.25) is 0 Å². The number of carbonyl (C=O) groups is 1. The van der Waals surface area contributed by atoms with E-state index >= 15 is 0 Å². The van der Waals surface area contributed by atoms with Gasteiger partial charge < -0.3 is 19.7 Å². The fourth-order valence-electron chi connectivity index (χ4n) is 1.75. The topological polar surface area (TPSA) is 50.8 Å². The molecule has 2 saturated heterocycles. The molecule has 1 amide bonds. The van der Waals surface area contributed by atoms with E-state index in [9.17, 15) is 4.79 Å². The molecule has 2 heterocycles. The Morgan fingerprint density at radius 1 is 1.47 bits per heavy atom. The summed E-state index contributed by atoms with van der Waals surface area (Å²) in [6, 6.07) is 0. The first kappa shape index (κ1) is 10.9. The zero-order valence-electron chi connectivity index (χ0n) is 9.07. The molecule has 0 saturated carbocycles. The lowest BCUT2D eigenvalue weighted by atomic mass is 10.2. The zero-order chi connectivity index (χ0) is 10.7. The van der Waals surface area contributed by atoms with Gasteiger partial charge in [0.1, 0.15) is 6.10 Å². The molecular formula is C10H18N2O3. The summed E-state index contributed by atoms with van der Waals surface area (Å²) in [6.07, 6.45) is -0.111. The summed E-state index contributed by atoms with van der Waals surface area (Å²) in [7, 11) is 0. The van der Waals surface area contributed by atoms with Crippen LogP contribution < -0.4 is 5.32 Å². The molecule has 1 atom stereocenters. The molecule has 5 nitrogen and oxygen atoms in total. The average Bonchev–Trinajstić information content (AvgIpc) is 2.23. The van der Waals surface area contributed by atoms with Crippen molar-refractivity contribution in [2.75, 3.05) is 39.4 Å². The molecule has 2 aliphatic heterocycles. The van der Waals surface area contributed by atoms with E-state index in [1.807, 2.05) is 11.8 Å². The van der Waals surface area contributed by atoms with Crippen molar-refractivity contribution in [3.63, 3.8) is 0 Å². The van der Waals surface area contributed by atoms with Crippen LogP contribution in [0.3, 0.4) is 0 Å². The van der Waals surface area contributed by atoms with Crippen molar-refractivity contribution in [1.82, 2.24) is 10.2 Å². The fourth-order valence-corrected chi connectivity index (χ4v) is 1.75. The Bertz CT molecular complexity index is 225. The van der Waals surface area contributed by atoms with Crippen molar-refractivity contribution in [3.05, 3.63) is 0 Å². The fraction of sp³-hybridized carbons (Fsp3) is 0.900. The summed E-state index contributed by atoms with van der Waals surface area (Å²) < 4.78 is 10.8. The molecule has 2 rings (SSSR count). The smallest absolute Gasteiger partial charge is 0.251 e. The Morgan fingerprint density at radius 2 is 2.13 bits per heavy atom. The van der Waals surface area contributed by atoms with Gasteiger partial charge in [-0.25, -0.2) is 0 Å². The first-order chi connectivity index (χ1) is 7.27. The Labute approximate surface area is 89.7 Å². The number of nitrogens with one attached hydrogen (secondary N) is 1. The lowest BCUT2D eigenvalue weighted by Gasteiger charge is -2.33. The molecule has 1 N–H and O–H groups in total. The van der Waals surface area contributed by atoms with E-state index in [2.05, 4.69) is 5.32 Å². The van der Waals surface area contributed by atoms with Crippen molar-refractivity contribution in [1.29, 1.82) is 0 Å². The summed E-state index contributed by atoms with van der Waals surface area (Å²) >= 11 is 0. The van der Waals surface area contributed by atoms with Gasteiger partial charge in [-0.3, -0.25) is 4.79 Å². The van der Waals surface area contributed by atoms with Gasteiger partial charge in [-0.2, -0.15) is 0 Å². The van der Waals surface area contributed by atoms with Crippen LogP contribution in [0.5, 0.6) is 0 Å². The Kier molecular flexibility index (Phi) is 3.56. The van der Waals surface area contributed by atoms with Gasteiger partial charge in [-0.05, 0) is 6.92 Å². The van der Waals surface area contributed by atoms with Crippen LogP contribution in [0, 0.1) is 0 Å². The minimum atomic E-state index is -0.324. The van der Waals surface area contributed by atoms with Crippen LogP contribution >= 0.6 is 0 Å². The van der Waals surface area contributed by atoms with Crippen LogP contribution in [0.1, 0.15) is 6.92 Å². The number of morpholine rings is 1. The zero-order valence-corrected chi connectivity index (χ0v) is 9.07. The maximum atomic E-state index is 11.9. The molecule has 0 bridgehead atoms. The van der Waals surface area contributed by atoms with E-state index in [1.165, 1.54) is 0 Å². The molecule has 0 aromatic rings. The van der Waals surface area contributed by atoms with Gasteiger partial charge in [-0.15, -0.1) is 0 Å². The SMILES string of the molecule is CC(OC1CNC1)C(=O)N1CCOCC1. The Morgan fingerprint density at radius 3 is 2.67 bits per heavy atom. The predicted octanol–water partition coefficient (Wildman–Crippen LogP) is -0.778. The van der Waals surface area contributed by atoms with Crippen LogP contribution in [0.2, 0.25) is 0 Å². The number of hydrogen-bond acceptors (Lipinski definition) is 4. The van der Waals surface area contributed by atoms with Gasteiger partial charge in [0.15, 0.2) is 0 Å². The first-order valence-corrected chi connectivity index (χ1v) is 5.50. The quantitative estimate of drug-likeness (QED) is 0.670. The highest BCUT2D eigenvalue weighted by Crippen LogP contribution is 2.07. The Balaban J connectivity index is 1.77. The summed E-state index contributed by atoms with van der Waals surface area (Å²) in [5.74, 6) is 0.0881. The third-order valence-electron chi connectivity index (χ3n) is 2.81. The van der Waals surface area contributed by atoms with Gasteiger partial charge in [-0.1, -0.05) is 0 Å². The van der Waals surface area contributed by atoms with Crippen LogP contribution in [-0.4, -0.2) is 62.4 Å². The molecule has 2 aliphatic rings. The molecule has 1 unspecified atom stereocenters. The van der Waals surface area contributed by atoms with Gasteiger partial charge in [0.25, 0.3) is 5.91 Å². The third-order valence-corrected chi connectivity index (χ3v) is 2.81. The minimum Gasteiger partial charge on any atom is -0.378 e. The van der Waals surface area contributed by atoms with Crippen molar-refractivity contribution in [3.8, 4) is 0 Å². The summed E-state index contributed by atoms with van der Waals surface area (Å²) in [5, 5.41) is 3.12. The number of amides is 1. The summed E-state index contributed by atoms with van der Waals surface area (Å²) in [6.45, 7) is 6.22. The van der Waals surface area contributed by atoms with Gasteiger partial charge in [0, 0.05) is 26.2 Å². The lowest BCUT2D eigenvalue weighted by molar-refractivity contribution is -0.151. The lowest BCUT2D eigenvalue weighted by Crippen LogP contribution is -2.53. The molecule has 15 heavy (non-hydrogen) atoms. The maximum Gasteiger partial charge on any atom is 0.251 e.